The maximum Gasteiger partial charge on any atom is 0.268 e. The van der Waals surface area contributed by atoms with Crippen LogP contribution >= 0.6 is 11.8 Å². The fourth-order valence-electron chi connectivity index (χ4n) is 13.4. The van der Waals surface area contributed by atoms with Crippen molar-refractivity contribution in [3.63, 3.8) is 0 Å². The molecule has 322 valence electrons. The summed E-state index contributed by atoms with van der Waals surface area (Å²) in [4.78, 5) is 2.44. The fraction of sp³-hybridized carbons (Fsp3) is 0.889. The molecular weight excluding hydrogens is 777 g/mol. The quantitative estimate of drug-likeness (QED) is 0.155. The molecule has 0 aromatic rings. The van der Waals surface area contributed by atoms with E-state index >= 15 is 0 Å². The highest BCUT2D eigenvalue weighted by Gasteiger charge is 2.50. The molecule has 8 rings (SSSR count). The number of hydrogen-bond acceptors (Lipinski definition) is 7. The van der Waals surface area contributed by atoms with Gasteiger partial charge in [-0.05, 0) is 111 Å². The third kappa shape index (κ3) is 9.86. The number of hydrogen-bond donors (Lipinski definition) is 2. The standard InChI is InChI=1S/C45H72N2O7S3/c1-2-31(25-44-46(29-36-17-9-11-19-42(36)56(48,49)50)38-27-34(21-23-40(38)54-44)32-13-5-3-6-14-32)26-45-47(30-37-18-10-12-20-43(37)57(51,52)53)39-28-35(22-24-41(39)55-45)33-15-7-4-8-16-33/h25-26,32-43H,2-24,27-30H2,1H3,(H-,48,49,50,51,52,53)/p+1. The molecule has 1 saturated heterocycles. The van der Waals surface area contributed by atoms with Crippen molar-refractivity contribution in [3.05, 3.63) is 23.6 Å². The van der Waals surface area contributed by atoms with Crippen LogP contribution in [0.5, 0.6) is 0 Å². The summed E-state index contributed by atoms with van der Waals surface area (Å²) >= 11 is 1.99. The van der Waals surface area contributed by atoms with E-state index in [0.29, 0.717) is 43.1 Å². The molecule has 2 aliphatic heterocycles. The summed E-state index contributed by atoms with van der Waals surface area (Å²) in [5, 5.41) is 0.299. The van der Waals surface area contributed by atoms with Crippen LogP contribution in [-0.2, 0) is 25.0 Å². The van der Waals surface area contributed by atoms with Gasteiger partial charge in [0.1, 0.15) is 12.6 Å². The van der Waals surface area contributed by atoms with Crippen LogP contribution in [0.4, 0.5) is 0 Å². The number of thioether (sulfide) groups is 1. The molecule has 0 aromatic carbocycles. The Morgan fingerprint density at radius 2 is 1.26 bits per heavy atom. The van der Waals surface area contributed by atoms with Gasteiger partial charge in [0.2, 0.25) is 5.04 Å². The SMILES string of the molecule is CCC(=C/C1=[N+](CC2CCCCC2S(=O)(=O)O)C2CC(C3CCCCC3)CCC2S1)/C=C1/OC2CCC(C3CCCCC3)CC2N1CC1CCCCC1S(=O)(=O)O. The first-order chi connectivity index (χ1) is 27.5. The number of allylic oxidation sites excluding steroid dienone is 2. The summed E-state index contributed by atoms with van der Waals surface area (Å²) in [5.41, 5.74) is 1.18. The molecule has 0 spiro atoms. The lowest BCUT2D eigenvalue weighted by molar-refractivity contribution is -0.570. The fourth-order valence-corrected chi connectivity index (χ4v) is 17.3. The van der Waals surface area contributed by atoms with Crippen LogP contribution in [0, 0.1) is 35.5 Å². The van der Waals surface area contributed by atoms with Crippen molar-refractivity contribution >= 4 is 37.0 Å². The molecule has 12 heteroatoms. The van der Waals surface area contributed by atoms with E-state index in [-0.39, 0.29) is 24.0 Å². The van der Waals surface area contributed by atoms with Gasteiger partial charge in [-0.2, -0.15) is 16.8 Å². The monoisotopic (exact) mass is 849 g/mol. The van der Waals surface area contributed by atoms with E-state index in [1.807, 2.05) is 11.8 Å². The highest BCUT2D eigenvalue weighted by atomic mass is 32.2. The molecule has 10 unspecified atom stereocenters. The first kappa shape index (κ1) is 42.6. The van der Waals surface area contributed by atoms with Crippen LogP contribution in [0.15, 0.2) is 23.6 Å². The van der Waals surface area contributed by atoms with Crippen molar-refractivity contribution in [1.82, 2.24) is 4.90 Å². The smallest absolute Gasteiger partial charge is 0.268 e. The highest BCUT2D eigenvalue weighted by Crippen LogP contribution is 2.48. The summed E-state index contributed by atoms with van der Waals surface area (Å²) < 4.78 is 81.1. The molecule has 6 saturated carbocycles. The van der Waals surface area contributed by atoms with Gasteiger partial charge >= 0.3 is 0 Å². The summed E-state index contributed by atoms with van der Waals surface area (Å²) in [6, 6.07) is 0.589. The van der Waals surface area contributed by atoms with Crippen molar-refractivity contribution in [3.8, 4) is 0 Å². The molecule has 7 fully saturated rings. The van der Waals surface area contributed by atoms with E-state index in [2.05, 4.69) is 28.6 Å². The normalized spacial score (nSPS) is 38.6. The molecule has 2 heterocycles. The molecule has 9 nitrogen and oxygen atoms in total. The summed E-state index contributed by atoms with van der Waals surface area (Å²) in [6.07, 6.45) is 32.2. The van der Waals surface area contributed by atoms with Gasteiger partial charge in [-0.1, -0.05) is 96.8 Å². The lowest BCUT2D eigenvalue weighted by Crippen LogP contribution is -2.46. The summed E-state index contributed by atoms with van der Waals surface area (Å²) in [7, 11) is -8.28. The zero-order valence-corrected chi connectivity index (χ0v) is 37.2. The third-order valence-corrected chi connectivity index (χ3v) is 20.7. The average Bonchev–Trinajstić information content (AvgIpc) is 3.73. The van der Waals surface area contributed by atoms with Gasteiger partial charge in [-0.25, -0.2) is 4.58 Å². The maximum absolute atomic E-state index is 12.7. The third-order valence-electron chi connectivity index (χ3n) is 16.5. The predicted molar refractivity (Wildman–Crippen MR) is 230 cm³/mol. The second kappa shape index (κ2) is 18.5. The van der Waals surface area contributed by atoms with Crippen LogP contribution in [0.25, 0.3) is 0 Å². The Balaban J connectivity index is 1.12. The molecule has 2 N–H and O–H groups in total. The summed E-state index contributed by atoms with van der Waals surface area (Å²) in [6.45, 7) is 3.47. The largest absolute Gasteiger partial charge is 0.474 e. The van der Waals surface area contributed by atoms with Crippen molar-refractivity contribution in [2.24, 2.45) is 35.5 Å². The predicted octanol–water partition coefficient (Wildman–Crippen LogP) is 9.78. The molecule has 10 atom stereocenters. The average molecular weight is 850 g/mol. The van der Waals surface area contributed by atoms with Crippen molar-refractivity contribution in [2.75, 3.05) is 13.1 Å². The minimum absolute atomic E-state index is 0.0878. The lowest BCUT2D eigenvalue weighted by Gasteiger charge is -2.41. The van der Waals surface area contributed by atoms with Gasteiger partial charge < -0.3 is 9.64 Å². The number of ether oxygens (including phenoxy) is 1. The topological polar surface area (TPSA) is 124 Å². The van der Waals surface area contributed by atoms with Crippen LogP contribution < -0.4 is 0 Å². The van der Waals surface area contributed by atoms with Crippen LogP contribution in [0.2, 0.25) is 0 Å². The van der Waals surface area contributed by atoms with Gasteiger partial charge in [0, 0.05) is 31.0 Å². The summed E-state index contributed by atoms with van der Waals surface area (Å²) in [5.74, 6) is 3.62. The Morgan fingerprint density at radius 3 is 1.89 bits per heavy atom. The van der Waals surface area contributed by atoms with E-state index in [4.69, 9.17) is 4.74 Å². The lowest BCUT2D eigenvalue weighted by atomic mass is 9.71. The minimum Gasteiger partial charge on any atom is -0.474 e. The molecule has 57 heavy (non-hydrogen) atoms. The van der Waals surface area contributed by atoms with E-state index < -0.39 is 30.7 Å². The van der Waals surface area contributed by atoms with Gasteiger partial charge in [0.15, 0.2) is 11.9 Å². The van der Waals surface area contributed by atoms with Crippen molar-refractivity contribution < 1.29 is 35.3 Å². The van der Waals surface area contributed by atoms with Crippen LogP contribution in [0.3, 0.4) is 0 Å². The first-order valence-corrected chi connectivity index (χ1v) is 27.4. The molecular formula is C45H73N2O7S3+. The van der Waals surface area contributed by atoms with E-state index in [0.717, 1.165) is 81.4 Å². The number of fused-ring (bicyclic) bond motifs is 2. The Labute approximate surface area is 349 Å². The van der Waals surface area contributed by atoms with Crippen molar-refractivity contribution in [2.45, 2.75) is 201 Å². The molecule has 0 radical (unpaired) electrons. The Kier molecular flexibility index (Phi) is 13.8. The number of nitrogens with zero attached hydrogens (tertiary/aromatic N) is 2. The van der Waals surface area contributed by atoms with Gasteiger partial charge in [-0.3, -0.25) is 9.11 Å². The number of rotatable bonds is 11. The first-order valence-electron chi connectivity index (χ1n) is 23.5. The van der Waals surface area contributed by atoms with E-state index in [1.165, 1.54) is 101 Å². The van der Waals surface area contributed by atoms with E-state index in [9.17, 15) is 25.9 Å². The second-order valence-corrected chi connectivity index (χ2v) is 24.3. The highest BCUT2D eigenvalue weighted by molar-refractivity contribution is 8.14. The Hall–Kier alpha value is -1.08. The van der Waals surface area contributed by atoms with Gasteiger partial charge in [0.05, 0.1) is 21.8 Å². The Morgan fingerprint density at radius 1 is 0.702 bits per heavy atom. The molecule has 0 bridgehead atoms. The minimum atomic E-state index is -4.15. The van der Waals surface area contributed by atoms with Crippen molar-refractivity contribution in [1.29, 1.82) is 0 Å². The van der Waals surface area contributed by atoms with Crippen LogP contribution in [0.1, 0.15) is 167 Å². The second-order valence-electron chi connectivity index (χ2n) is 19.8. The van der Waals surface area contributed by atoms with Gasteiger partial charge in [-0.15, -0.1) is 0 Å². The van der Waals surface area contributed by atoms with Gasteiger partial charge in [0.25, 0.3) is 20.2 Å². The Bertz CT molecular complexity index is 1720. The zero-order chi connectivity index (χ0) is 39.7. The molecule has 6 aliphatic carbocycles. The zero-order valence-electron chi connectivity index (χ0n) is 34.7. The molecule has 0 aromatic heterocycles. The van der Waals surface area contributed by atoms with Crippen LogP contribution in [-0.4, -0.2) is 87.5 Å². The van der Waals surface area contributed by atoms with E-state index in [1.54, 1.807) is 0 Å². The molecule has 0 amide bonds. The molecule has 8 aliphatic rings. The maximum atomic E-state index is 12.7.